The number of aliphatic carboxylic acids is 1. The van der Waals surface area contributed by atoms with Gasteiger partial charge >= 0.3 is 5.97 Å². The zero-order chi connectivity index (χ0) is 12.1. The average Bonchev–Trinajstić information content (AvgIpc) is 2.38. The molecule has 17 heavy (non-hydrogen) atoms. The van der Waals surface area contributed by atoms with Crippen LogP contribution < -0.4 is 0 Å². The highest BCUT2D eigenvalue weighted by Crippen LogP contribution is 2.19. The molecule has 0 unspecified atom stereocenters. The number of pyridine rings is 2. The van der Waals surface area contributed by atoms with Crippen molar-refractivity contribution in [3.63, 3.8) is 0 Å². The maximum atomic E-state index is 10.5. The van der Waals surface area contributed by atoms with E-state index in [2.05, 4.69) is 9.97 Å². The van der Waals surface area contributed by atoms with E-state index in [-0.39, 0.29) is 0 Å². The van der Waals surface area contributed by atoms with Crippen LogP contribution >= 0.6 is 0 Å². The Kier molecular flexibility index (Phi) is 3.25. The first-order chi connectivity index (χ1) is 8.27. The second kappa shape index (κ2) is 5.03. The van der Waals surface area contributed by atoms with E-state index in [1.54, 1.807) is 24.5 Å². The topological polar surface area (TPSA) is 63.1 Å². The first kappa shape index (κ1) is 11.0. The van der Waals surface area contributed by atoms with E-state index in [1.807, 2.05) is 18.2 Å². The molecule has 2 aromatic rings. The summed E-state index contributed by atoms with van der Waals surface area (Å²) in [6.07, 6.45) is 5.93. The van der Waals surface area contributed by atoms with Gasteiger partial charge in [0.15, 0.2) is 0 Å². The summed E-state index contributed by atoms with van der Waals surface area (Å²) in [5, 5.41) is 8.61. The van der Waals surface area contributed by atoms with Gasteiger partial charge in [-0.05, 0) is 24.3 Å². The Bertz CT molecular complexity index is 550. The number of carboxylic acid groups (broad SMARTS) is 1. The molecule has 0 aliphatic heterocycles. The van der Waals surface area contributed by atoms with Gasteiger partial charge in [0.05, 0.1) is 11.4 Å². The molecule has 0 atom stereocenters. The second-order valence-corrected chi connectivity index (χ2v) is 3.33. The molecule has 0 aromatic carbocycles. The Balaban J connectivity index is 2.45. The van der Waals surface area contributed by atoms with Crippen LogP contribution in [0.25, 0.3) is 17.5 Å². The molecule has 0 bridgehead atoms. The van der Waals surface area contributed by atoms with Crippen molar-refractivity contribution < 1.29 is 9.90 Å². The third kappa shape index (κ3) is 2.75. The quantitative estimate of drug-likeness (QED) is 0.815. The average molecular weight is 226 g/mol. The summed E-state index contributed by atoms with van der Waals surface area (Å²) in [5.74, 6) is -0.985. The maximum Gasteiger partial charge on any atom is 0.328 e. The zero-order valence-corrected chi connectivity index (χ0v) is 8.95. The van der Waals surface area contributed by atoms with Crippen LogP contribution in [0.2, 0.25) is 0 Å². The summed E-state index contributed by atoms with van der Waals surface area (Å²) < 4.78 is 0. The normalized spacial score (nSPS) is 10.6. The number of aromatic nitrogens is 2. The lowest BCUT2D eigenvalue weighted by molar-refractivity contribution is -0.131. The molecule has 84 valence electrons. The molecule has 0 aliphatic rings. The largest absolute Gasteiger partial charge is 0.478 e. The Morgan fingerprint density at radius 2 is 1.94 bits per heavy atom. The lowest BCUT2D eigenvalue weighted by atomic mass is 10.1. The smallest absolute Gasteiger partial charge is 0.328 e. The van der Waals surface area contributed by atoms with Crippen LogP contribution in [0.4, 0.5) is 0 Å². The standard InChI is InChI=1S/C13H10N2O2/c16-12(17)7-6-10-4-3-9-15-13(10)11-5-1-2-8-14-11/h1-9H,(H,16,17)/b7-6+. The maximum absolute atomic E-state index is 10.5. The van der Waals surface area contributed by atoms with Gasteiger partial charge in [-0.1, -0.05) is 12.1 Å². The third-order valence-corrected chi connectivity index (χ3v) is 2.15. The lowest BCUT2D eigenvalue weighted by Gasteiger charge is -2.03. The molecule has 4 heteroatoms. The first-order valence-electron chi connectivity index (χ1n) is 5.05. The first-order valence-corrected chi connectivity index (χ1v) is 5.05. The summed E-state index contributed by atoms with van der Waals surface area (Å²) in [7, 11) is 0. The summed E-state index contributed by atoms with van der Waals surface area (Å²) >= 11 is 0. The van der Waals surface area contributed by atoms with Gasteiger partial charge in [0.25, 0.3) is 0 Å². The molecule has 0 aliphatic carbocycles. The number of nitrogens with zero attached hydrogens (tertiary/aromatic N) is 2. The van der Waals surface area contributed by atoms with Crippen LogP contribution in [-0.2, 0) is 4.79 Å². The van der Waals surface area contributed by atoms with Crippen molar-refractivity contribution in [3.8, 4) is 11.4 Å². The summed E-state index contributed by atoms with van der Waals surface area (Å²) in [4.78, 5) is 18.9. The van der Waals surface area contributed by atoms with Crippen molar-refractivity contribution in [2.75, 3.05) is 0 Å². The van der Waals surface area contributed by atoms with E-state index in [0.717, 1.165) is 17.3 Å². The molecule has 0 saturated carbocycles. The number of hydrogen-bond donors (Lipinski definition) is 1. The summed E-state index contributed by atoms with van der Waals surface area (Å²) in [5.41, 5.74) is 2.12. The Morgan fingerprint density at radius 3 is 2.65 bits per heavy atom. The van der Waals surface area contributed by atoms with Gasteiger partial charge in [0.2, 0.25) is 0 Å². The van der Waals surface area contributed by atoms with Gasteiger partial charge in [-0.25, -0.2) is 4.79 Å². The molecule has 0 saturated heterocycles. The highest BCUT2D eigenvalue weighted by Gasteiger charge is 2.04. The van der Waals surface area contributed by atoms with Crippen molar-refractivity contribution >= 4 is 12.0 Å². The SMILES string of the molecule is O=C(O)/C=C/c1cccnc1-c1ccccn1. The Labute approximate surface area is 98.3 Å². The van der Waals surface area contributed by atoms with Gasteiger partial charge < -0.3 is 5.11 Å². The third-order valence-electron chi connectivity index (χ3n) is 2.15. The molecule has 4 nitrogen and oxygen atoms in total. The van der Waals surface area contributed by atoms with Gasteiger partial charge in [-0.3, -0.25) is 9.97 Å². The Hall–Kier alpha value is -2.49. The second-order valence-electron chi connectivity index (χ2n) is 3.33. The van der Waals surface area contributed by atoms with Gasteiger partial charge in [-0.15, -0.1) is 0 Å². The predicted molar refractivity (Wildman–Crippen MR) is 64.1 cm³/mol. The van der Waals surface area contributed by atoms with E-state index in [0.29, 0.717) is 5.69 Å². The fourth-order valence-electron chi connectivity index (χ4n) is 1.43. The molecule has 0 fully saturated rings. The fraction of sp³-hybridized carbons (Fsp3) is 0. The monoisotopic (exact) mass is 226 g/mol. The molecule has 0 radical (unpaired) electrons. The van der Waals surface area contributed by atoms with Crippen LogP contribution in [0, 0.1) is 0 Å². The molecular weight excluding hydrogens is 216 g/mol. The lowest BCUT2D eigenvalue weighted by Crippen LogP contribution is -1.91. The van der Waals surface area contributed by atoms with Crippen molar-refractivity contribution in [3.05, 3.63) is 54.4 Å². The molecule has 2 aromatic heterocycles. The zero-order valence-electron chi connectivity index (χ0n) is 8.95. The van der Waals surface area contributed by atoms with E-state index >= 15 is 0 Å². The van der Waals surface area contributed by atoms with E-state index in [1.165, 1.54) is 6.08 Å². The van der Waals surface area contributed by atoms with Crippen molar-refractivity contribution in [2.45, 2.75) is 0 Å². The van der Waals surface area contributed by atoms with Crippen molar-refractivity contribution in [2.24, 2.45) is 0 Å². The Morgan fingerprint density at radius 1 is 1.12 bits per heavy atom. The fourth-order valence-corrected chi connectivity index (χ4v) is 1.43. The predicted octanol–water partition coefficient (Wildman–Crippen LogP) is 2.24. The highest BCUT2D eigenvalue weighted by molar-refractivity contribution is 5.86. The van der Waals surface area contributed by atoms with E-state index < -0.39 is 5.97 Å². The van der Waals surface area contributed by atoms with Crippen LogP contribution in [0.1, 0.15) is 5.56 Å². The van der Waals surface area contributed by atoms with Gasteiger partial charge in [0, 0.05) is 24.0 Å². The summed E-state index contributed by atoms with van der Waals surface area (Å²) in [6, 6.07) is 9.08. The number of rotatable bonds is 3. The number of carboxylic acids is 1. The molecule has 0 amide bonds. The molecular formula is C13H10N2O2. The minimum Gasteiger partial charge on any atom is -0.478 e. The highest BCUT2D eigenvalue weighted by atomic mass is 16.4. The van der Waals surface area contributed by atoms with Crippen LogP contribution in [0.5, 0.6) is 0 Å². The minimum atomic E-state index is -0.985. The van der Waals surface area contributed by atoms with Crippen molar-refractivity contribution in [1.29, 1.82) is 0 Å². The van der Waals surface area contributed by atoms with Crippen LogP contribution in [-0.4, -0.2) is 21.0 Å². The van der Waals surface area contributed by atoms with Gasteiger partial charge in [0.1, 0.15) is 0 Å². The molecule has 2 rings (SSSR count). The van der Waals surface area contributed by atoms with Crippen molar-refractivity contribution in [1.82, 2.24) is 9.97 Å². The number of hydrogen-bond acceptors (Lipinski definition) is 3. The van der Waals surface area contributed by atoms with E-state index in [9.17, 15) is 4.79 Å². The molecule has 0 spiro atoms. The number of carbonyl (C=O) groups is 1. The summed E-state index contributed by atoms with van der Waals surface area (Å²) in [6.45, 7) is 0. The molecule has 2 heterocycles. The van der Waals surface area contributed by atoms with Gasteiger partial charge in [-0.2, -0.15) is 0 Å². The molecule has 1 N–H and O–H groups in total. The van der Waals surface area contributed by atoms with Crippen LogP contribution in [0.3, 0.4) is 0 Å². The minimum absolute atomic E-state index is 0.672. The van der Waals surface area contributed by atoms with E-state index in [4.69, 9.17) is 5.11 Å². The van der Waals surface area contributed by atoms with Crippen LogP contribution in [0.15, 0.2) is 48.8 Å².